The Hall–Kier alpha value is -2.83. The molecule has 1 amide bonds. The summed E-state index contributed by atoms with van der Waals surface area (Å²) in [6, 6.07) is -0.105. The molecule has 0 aromatic carbocycles. The van der Waals surface area contributed by atoms with Crippen LogP contribution >= 0.6 is 0 Å². The molecule has 0 saturated carbocycles. The smallest absolute Gasteiger partial charge is 0.303 e. The highest BCUT2D eigenvalue weighted by Crippen LogP contribution is 2.43. The molecule has 0 aliphatic carbocycles. The van der Waals surface area contributed by atoms with Crippen molar-refractivity contribution in [3.63, 3.8) is 0 Å². The lowest BCUT2D eigenvalue weighted by Gasteiger charge is -2.39. The average molecular weight is 676 g/mol. The predicted molar refractivity (Wildman–Crippen MR) is 181 cm³/mol. The predicted octanol–water partition coefficient (Wildman–Crippen LogP) is 5.24. The molecule has 3 aliphatic rings. The Kier molecular flexibility index (Phi) is 16.5. The van der Waals surface area contributed by atoms with Crippen molar-refractivity contribution in [1.82, 2.24) is 5.32 Å². The minimum absolute atomic E-state index is 0.0389. The molecule has 48 heavy (non-hydrogen) atoms. The van der Waals surface area contributed by atoms with Gasteiger partial charge in [-0.15, -0.1) is 0 Å². The van der Waals surface area contributed by atoms with E-state index in [1.807, 2.05) is 6.92 Å². The summed E-state index contributed by atoms with van der Waals surface area (Å²) in [7, 11) is 0. The van der Waals surface area contributed by atoms with Crippen LogP contribution in [0.2, 0.25) is 0 Å². The van der Waals surface area contributed by atoms with Crippen LogP contribution in [0.4, 0.5) is 0 Å². The highest BCUT2D eigenvalue weighted by molar-refractivity contribution is 5.87. The van der Waals surface area contributed by atoms with Gasteiger partial charge in [0.1, 0.15) is 11.9 Å². The Morgan fingerprint density at radius 2 is 1.77 bits per heavy atom. The van der Waals surface area contributed by atoms with E-state index < -0.39 is 6.10 Å². The van der Waals surface area contributed by atoms with E-state index in [4.69, 9.17) is 33.5 Å². The van der Waals surface area contributed by atoms with E-state index in [0.29, 0.717) is 58.7 Å². The molecule has 8 atom stereocenters. The minimum Gasteiger partial charge on any atom is -0.513 e. The number of carbonyl (C=O) groups excluding carboxylic acids is 3. The maximum absolute atomic E-state index is 12.7. The normalized spacial score (nSPS) is 29.6. The maximum Gasteiger partial charge on any atom is 0.303 e. The van der Waals surface area contributed by atoms with Gasteiger partial charge in [0, 0.05) is 51.7 Å². The summed E-state index contributed by atoms with van der Waals surface area (Å²) in [6.45, 7) is 15.2. The van der Waals surface area contributed by atoms with Gasteiger partial charge in [0.25, 0.3) is 0 Å². The van der Waals surface area contributed by atoms with Crippen molar-refractivity contribution >= 4 is 17.7 Å². The van der Waals surface area contributed by atoms with Crippen LogP contribution < -0.4 is 5.32 Å². The zero-order valence-corrected chi connectivity index (χ0v) is 29.4. The largest absolute Gasteiger partial charge is 0.513 e. The number of Topliss-reactive ketones (excluding diaryl/α,β-unsaturated/α-hetero) is 1. The van der Waals surface area contributed by atoms with Crippen LogP contribution in [0.5, 0.6) is 0 Å². The lowest BCUT2D eigenvalue weighted by atomic mass is 9.88. The van der Waals surface area contributed by atoms with Crippen LogP contribution in [0.25, 0.3) is 0 Å². The van der Waals surface area contributed by atoms with Gasteiger partial charge in [-0.3, -0.25) is 14.4 Å². The van der Waals surface area contributed by atoms with Gasteiger partial charge >= 0.3 is 5.97 Å². The standard InChI is InChI=1S/C37H57NO10/c1-25(10-13-35-26(2)20-34(29(5)47-35)38-36(42)14-11-28(4)46-30(6)40)9-12-32-22-37(24-45-37)23-33(48-32)21-31(41)8-7-16-43-18-19-44-17-15-27(3)39/h9-12,14,26,28-29,32-35,39H,3,7-8,13,15-24H2,1-2,4-6H3,(H,38,42)/b12-9+,14-11-,25-10+/t26-,28-,29+,32+,33+,34+,35-,37+/m0/s1. The minimum atomic E-state index is -0.468. The van der Waals surface area contributed by atoms with Crippen LogP contribution in [-0.2, 0) is 42.8 Å². The molecular formula is C37H57NO10. The second kappa shape index (κ2) is 20.0. The number of carbonyl (C=O) groups is 3. The molecule has 0 bridgehead atoms. The zero-order chi connectivity index (χ0) is 35.1. The number of hydrogen-bond donors (Lipinski definition) is 2. The van der Waals surface area contributed by atoms with Crippen LogP contribution in [0, 0.1) is 5.92 Å². The molecule has 3 aliphatic heterocycles. The third-order valence-electron chi connectivity index (χ3n) is 8.86. The van der Waals surface area contributed by atoms with E-state index in [1.165, 1.54) is 13.0 Å². The summed E-state index contributed by atoms with van der Waals surface area (Å²) in [5, 5.41) is 12.1. The van der Waals surface area contributed by atoms with Gasteiger partial charge in [0.2, 0.25) is 5.91 Å². The quantitative estimate of drug-likeness (QED) is 0.0440. The van der Waals surface area contributed by atoms with E-state index in [-0.39, 0.29) is 65.4 Å². The Bertz CT molecular complexity index is 1160. The SMILES string of the molecule is C=C(O)CCOCCOCCCC(=O)C[C@@H]1C[C@@]2(CO2)C[C@@H](/C=C/C(C)=C/C[C@@H]2O[C@H](C)[C@H](NC(=O)/C=C\[C@H](C)OC(C)=O)C[C@@H]2C)O1. The molecule has 0 unspecified atom stereocenters. The summed E-state index contributed by atoms with van der Waals surface area (Å²) in [4.78, 5) is 36.2. The third kappa shape index (κ3) is 15.2. The van der Waals surface area contributed by atoms with Gasteiger partial charge < -0.3 is 38.8 Å². The molecule has 3 fully saturated rings. The topological polar surface area (TPSA) is 142 Å². The molecule has 270 valence electrons. The van der Waals surface area contributed by atoms with Crippen molar-refractivity contribution in [3.8, 4) is 0 Å². The van der Waals surface area contributed by atoms with Gasteiger partial charge in [0.05, 0.1) is 68.2 Å². The molecule has 0 aromatic heterocycles. The molecule has 3 heterocycles. The number of aliphatic hydroxyl groups is 1. The number of amides is 1. The molecule has 3 rings (SSSR count). The Balaban J connectivity index is 1.37. The first-order chi connectivity index (χ1) is 22.8. The molecule has 2 N–H and O–H groups in total. The highest BCUT2D eigenvalue weighted by atomic mass is 16.6. The fourth-order valence-electron chi connectivity index (χ4n) is 6.12. The van der Waals surface area contributed by atoms with Crippen molar-refractivity contribution in [3.05, 3.63) is 48.3 Å². The first-order valence-electron chi connectivity index (χ1n) is 17.3. The van der Waals surface area contributed by atoms with Crippen molar-refractivity contribution < 1.29 is 47.9 Å². The molecule has 11 nitrogen and oxygen atoms in total. The lowest BCUT2D eigenvalue weighted by Crippen LogP contribution is -2.50. The van der Waals surface area contributed by atoms with Gasteiger partial charge in [-0.2, -0.15) is 0 Å². The fourth-order valence-corrected chi connectivity index (χ4v) is 6.12. The van der Waals surface area contributed by atoms with E-state index in [2.05, 4.69) is 44.0 Å². The number of rotatable bonds is 20. The average Bonchev–Trinajstić information content (AvgIpc) is 3.75. The van der Waals surface area contributed by atoms with Crippen molar-refractivity contribution in [2.45, 2.75) is 128 Å². The summed E-state index contributed by atoms with van der Waals surface area (Å²) in [5.74, 6) is -0.0988. The third-order valence-corrected chi connectivity index (χ3v) is 8.86. The van der Waals surface area contributed by atoms with Gasteiger partial charge in [-0.25, -0.2) is 0 Å². The molecule has 3 saturated heterocycles. The summed E-state index contributed by atoms with van der Waals surface area (Å²) in [5.41, 5.74) is 0.934. The summed E-state index contributed by atoms with van der Waals surface area (Å²) >= 11 is 0. The van der Waals surface area contributed by atoms with Crippen LogP contribution in [0.15, 0.2) is 48.3 Å². The first-order valence-corrected chi connectivity index (χ1v) is 17.3. The summed E-state index contributed by atoms with van der Waals surface area (Å²) in [6.07, 6.45) is 13.4. The second-order valence-electron chi connectivity index (χ2n) is 13.5. The number of allylic oxidation sites excluding steroid dienone is 2. The lowest BCUT2D eigenvalue weighted by molar-refractivity contribution is -0.143. The zero-order valence-electron chi connectivity index (χ0n) is 29.4. The molecule has 11 heteroatoms. The van der Waals surface area contributed by atoms with E-state index in [1.54, 1.807) is 13.0 Å². The number of ketones is 1. The van der Waals surface area contributed by atoms with Crippen LogP contribution in [0.1, 0.15) is 86.0 Å². The number of hydrogen-bond acceptors (Lipinski definition) is 10. The highest BCUT2D eigenvalue weighted by Gasteiger charge is 2.51. The van der Waals surface area contributed by atoms with Crippen molar-refractivity contribution in [2.24, 2.45) is 5.92 Å². The fraction of sp³-hybridized carbons (Fsp3) is 0.703. The number of esters is 1. The number of nitrogens with one attached hydrogen (secondary N) is 1. The Labute approximate surface area is 286 Å². The van der Waals surface area contributed by atoms with Crippen molar-refractivity contribution in [2.75, 3.05) is 33.0 Å². The first kappa shape index (κ1) is 39.6. The van der Waals surface area contributed by atoms with Crippen molar-refractivity contribution in [1.29, 1.82) is 0 Å². The van der Waals surface area contributed by atoms with E-state index in [9.17, 15) is 14.4 Å². The monoisotopic (exact) mass is 675 g/mol. The van der Waals surface area contributed by atoms with Gasteiger partial charge in [0.15, 0.2) is 0 Å². The van der Waals surface area contributed by atoms with Crippen LogP contribution in [-0.4, -0.2) is 98.0 Å². The van der Waals surface area contributed by atoms with Crippen LogP contribution in [0.3, 0.4) is 0 Å². The number of aliphatic hydroxyl groups excluding tert-OH is 1. The molecule has 1 spiro atoms. The Morgan fingerprint density at radius 3 is 2.46 bits per heavy atom. The molecule has 0 aromatic rings. The maximum atomic E-state index is 12.7. The van der Waals surface area contributed by atoms with Gasteiger partial charge in [-0.05, 0) is 52.0 Å². The molecular weight excluding hydrogens is 618 g/mol. The number of epoxide rings is 1. The van der Waals surface area contributed by atoms with Gasteiger partial charge in [-0.1, -0.05) is 37.3 Å². The number of ether oxygens (including phenoxy) is 6. The van der Waals surface area contributed by atoms with E-state index in [0.717, 1.165) is 31.3 Å². The second-order valence-corrected chi connectivity index (χ2v) is 13.5. The molecule has 0 radical (unpaired) electrons. The Morgan fingerprint density at radius 1 is 1.04 bits per heavy atom. The summed E-state index contributed by atoms with van der Waals surface area (Å²) < 4.78 is 34.4. The van der Waals surface area contributed by atoms with E-state index >= 15 is 0 Å².